The Labute approximate surface area is 205 Å². The van der Waals surface area contributed by atoms with E-state index in [2.05, 4.69) is 50.2 Å². The molecule has 0 heterocycles. The van der Waals surface area contributed by atoms with E-state index in [4.69, 9.17) is 14.5 Å². The van der Waals surface area contributed by atoms with E-state index in [1.54, 1.807) is 7.11 Å². The summed E-state index contributed by atoms with van der Waals surface area (Å²) < 4.78 is 11.2. The van der Waals surface area contributed by atoms with Crippen LogP contribution in [0, 0.1) is 0 Å². The smallest absolute Gasteiger partial charge is 0.119 e. The molecule has 0 aliphatic heterocycles. The average molecular weight is 458 g/mol. The first-order chi connectivity index (χ1) is 16.7. The Hall–Kier alpha value is -3.07. The Morgan fingerprint density at radius 2 is 1.18 bits per heavy atom. The number of hydrogen-bond acceptors (Lipinski definition) is 3. The third-order valence-corrected chi connectivity index (χ3v) is 6.13. The molecule has 0 N–H and O–H groups in total. The average Bonchev–Trinajstić information content (AvgIpc) is 2.89. The fourth-order valence-electron chi connectivity index (χ4n) is 3.99. The molecule has 0 aliphatic carbocycles. The summed E-state index contributed by atoms with van der Waals surface area (Å²) in [4.78, 5) is 4.79. The van der Waals surface area contributed by atoms with Gasteiger partial charge < -0.3 is 9.47 Å². The molecule has 0 fully saturated rings. The first-order valence-corrected chi connectivity index (χ1v) is 12.7. The number of methoxy groups -OCH3 is 1. The zero-order chi connectivity index (χ0) is 24.0. The minimum absolute atomic E-state index is 0.789. The summed E-state index contributed by atoms with van der Waals surface area (Å²) in [6, 6.07) is 24.7. The van der Waals surface area contributed by atoms with E-state index in [-0.39, 0.29) is 0 Å². The van der Waals surface area contributed by atoms with Crippen LogP contribution in [-0.2, 0) is 0 Å². The molecule has 0 spiro atoms. The van der Waals surface area contributed by atoms with E-state index < -0.39 is 0 Å². The molecule has 34 heavy (non-hydrogen) atoms. The molecule has 180 valence electrons. The predicted molar refractivity (Wildman–Crippen MR) is 145 cm³/mol. The van der Waals surface area contributed by atoms with Crippen LogP contribution in [0.1, 0.15) is 70.8 Å². The second-order valence-electron chi connectivity index (χ2n) is 8.82. The fourth-order valence-corrected chi connectivity index (χ4v) is 3.99. The molecule has 0 radical (unpaired) electrons. The highest BCUT2D eigenvalue weighted by Crippen LogP contribution is 2.24. The van der Waals surface area contributed by atoms with Crippen molar-refractivity contribution in [3.63, 3.8) is 0 Å². The third kappa shape index (κ3) is 8.37. The maximum atomic E-state index is 5.91. The lowest BCUT2D eigenvalue weighted by Gasteiger charge is -2.08. The van der Waals surface area contributed by atoms with Gasteiger partial charge in [0.05, 0.1) is 19.4 Å². The van der Waals surface area contributed by atoms with Gasteiger partial charge in [-0.15, -0.1) is 0 Å². The maximum absolute atomic E-state index is 5.91. The lowest BCUT2D eigenvalue weighted by Crippen LogP contribution is -1.97. The maximum Gasteiger partial charge on any atom is 0.119 e. The lowest BCUT2D eigenvalue weighted by molar-refractivity contribution is 0.304. The minimum Gasteiger partial charge on any atom is -0.497 e. The monoisotopic (exact) mass is 457 g/mol. The Balaban J connectivity index is 1.45. The van der Waals surface area contributed by atoms with Crippen LogP contribution in [0.2, 0.25) is 0 Å². The van der Waals surface area contributed by atoms with Gasteiger partial charge >= 0.3 is 0 Å². The van der Waals surface area contributed by atoms with Gasteiger partial charge in [0.1, 0.15) is 11.5 Å². The minimum atomic E-state index is 0.789. The van der Waals surface area contributed by atoms with E-state index in [1.807, 2.05) is 36.4 Å². The molecule has 0 saturated heterocycles. The molecule has 3 heteroatoms. The number of aliphatic imine (C=N–C) groups is 1. The molecule has 3 aromatic rings. The van der Waals surface area contributed by atoms with Crippen molar-refractivity contribution in [3.05, 3.63) is 78.4 Å². The first-order valence-electron chi connectivity index (χ1n) is 12.7. The summed E-state index contributed by atoms with van der Waals surface area (Å²) in [5.74, 6) is 1.79. The Bertz CT molecular complexity index is 989. The van der Waals surface area contributed by atoms with Crippen molar-refractivity contribution in [2.45, 2.75) is 65.2 Å². The number of unbranched alkanes of at least 4 members (excludes halogenated alkanes) is 7. The number of nitrogens with zero attached hydrogens (tertiary/aromatic N) is 1. The van der Waals surface area contributed by atoms with Gasteiger partial charge in [-0.2, -0.15) is 0 Å². The van der Waals surface area contributed by atoms with Crippen LogP contribution >= 0.6 is 0 Å². The molecular weight excluding hydrogens is 418 g/mol. The molecule has 3 aromatic carbocycles. The summed E-state index contributed by atoms with van der Waals surface area (Å²) in [5.41, 5.74) is 5.40. The quantitative estimate of drug-likeness (QED) is 0.179. The van der Waals surface area contributed by atoms with Crippen molar-refractivity contribution in [3.8, 4) is 22.6 Å². The summed E-state index contributed by atoms with van der Waals surface area (Å²) >= 11 is 0. The van der Waals surface area contributed by atoms with Gasteiger partial charge in [-0.1, -0.05) is 88.3 Å². The van der Waals surface area contributed by atoms with Crippen molar-refractivity contribution < 1.29 is 9.47 Å². The zero-order valence-electron chi connectivity index (χ0n) is 21.1. The molecule has 0 unspecified atom stereocenters. The lowest BCUT2D eigenvalue weighted by atomic mass is 10.0. The molecule has 3 nitrogen and oxygen atoms in total. The molecular formula is C31H39NO2. The van der Waals surface area contributed by atoms with E-state index in [9.17, 15) is 0 Å². The molecule has 3 rings (SSSR count). The first kappa shape index (κ1) is 25.6. The van der Waals surface area contributed by atoms with E-state index in [0.717, 1.165) is 41.5 Å². The molecule has 0 aliphatic rings. The highest BCUT2D eigenvalue weighted by Gasteiger charge is 2.02. The highest BCUT2D eigenvalue weighted by molar-refractivity contribution is 6.00. The SMILES string of the molecule is CCCCCCCCCCOc1ccc(N=C(C)c2ccc(-c3ccc(OC)cc3)cc2)cc1. The van der Waals surface area contributed by atoms with Gasteiger partial charge in [0.25, 0.3) is 0 Å². The Morgan fingerprint density at radius 1 is 0.647 bits per heavy atom. The number of ether oxygens (including phenoxy) is 2. The molecule has 0 saturated carbocycles. The van der Waals surface area contributed by atoms with Crippen molar-refractivity contribution in [2.24, 2.45) is 4.99 Å². The normalized spacial score (nSPS) is 11.4. The second kappa shape index (κ2) is 14.2. The second-order valence-corrected chi connectivity index (χ2v) is 8.82. The van der Waals surface area contributed by atoms with Crippen LogP contribution in [0.15, 0.2) is 77.8 Å². The molecule has 0 bridgehead atoms. The van der Waals surface area contributed by atoms with Crippen LogP contribution < -0.4 is 9.47 Å². The number of hydrogen-bond donors (Lipinski definition) is 0. The molecule has 0 amide bonds. The summed E-state index contributed by atoms with van der Waals surface area (Å²) in [6.07, 6.45) is 10.5. The van der Waals surface area contributed by atoms with E-state index >= 15 is 0 Å². The topological polar surface area (TPSA) is 30.8 Å². The Kier molecular flexibility index (Phi) is 10.7. The number of rotatable bonds is 14. The van der Waals surface area contributed by atoms with Crippen molar-refractivity contribution in [1.82, 2.24) is 0 Å². The summed E-state index contributed by atoms with van der Waals surface area (Å²) in [5, 5.41) is 0. The van der Waals surface area contributed by atoms with Crippen molar-refractivity contribution in [2.75, 3.05) is 13.7 Å². The van der Waals surface area contributed by atoms with Gasteiger partial charge in [-0.25, -0.2) is 0 Å². The van der Waals surface area contributed by atoms with Crippen LogP contribution in [-0.4, -0.2) is 19.4 Å². The Morgan fingerprint density at radius 3 is 1.76 bits per heavy atom. The highest BCUT2D eigenvalue weighted by atomic mass is 16.5. The summed E-state index contributed by atoms with van der Waals surface area (Å²) in [6.45, 7) is 5.10. The fraction of sp³-hybridized carbons (Fsp3) is 0.387. The van der Waals surface area contributed by atoms with Crippen molar-refractivity contribution in [1.29, 1.82) is 0 Å². The zero-order valence-corrected chi connectivity index (χ0v) is 21.1. The van der Waals surface area contributed by atoms with Crippen LogP contribution in [0.4, 0.5) is 5.69 Å². The number of benzene rings is 3. The standard InChI is InChI=1S/C31H39NO2/c1-4-5-6-7-8-9-10-11-24-34-31-22-18-29(19-23-31)32-25(2)26-12-14-27(15-13-26)28-16-20-30(33-3)21-17-28/h12-23H,4-11,24H2,1-3H3. The van der Waals surface area contributed by atoms with Gasteiger partial charge in [0.15, 0.2) is 0 Å². The summed E-state index contributed by atoms with van der Waals surface area (Å²) in [7, 11) is 1.69. The molecule has 0 atom stereocenters. The van der Waals surface area contributed by atoms with E-state index in [0.29, 0.717) is 0 Å². The predicted octanol–water partition coefficient (Wildman–Crippen LogP) is 9.02. The van der Waals surface area contributed by atoms with Gasteiger partial charge in [0, 0.05) is 5.71 Å². The van der Waals surface area contributed by atoms with E-state index in [1.165, 1.54) is 56.1 Å². The largest absolute Gasteiger partial charge is 0.497 e. The van der Waals surface area contributed by atoms with Gasteiger partial charge in [-0.05, 0) is 66.4 Å². The third-order valence-electron chi connectivity index (χ3n) is 6.13. The van der Waals surface area contributed by atoms with Gasteiger partial charge in [0.2, 0.25) is 0 Å². The van der Waals surface area contributed by atoms with Crippen LogP contribution in [0.5, 0.6) is 11.5 Å². The van der Waals surface area contributed by atoms with Crippen LogP contribution in [0.3, 0.4) is 0 Å². The van der Waals surface area contributed by atoms with Crippen LogP contribution in [0.25, 0.3) is 11.1 Å². The van der Waals surface area contributed by atoms with Gasteiger partial charge in [-0.3, -0.25) is 4.99 Å². The van der Waals surface area contributed by atoms with Crippen molar-refractivity contribution >= 4 is 11.4 Å². The molecule has 0 aromatic heterocycles.